The van der Waals surface area contributed by atoms with E-state index in [0.29, 0.717) is 53.2 Å². The summed E-state index contributed by atoms with van der Waals surface area (Å²) in [6.07, 6.45) is 0.529. The molecule has 4 aromatic rings. The molecule has 0 saturated carbocycles. The summed E-state index contributed by atoms with van der Waals surface area (Å²) in [5.41, 5.74) is 8.01. The number of carbonyl (C=O) groups excluding carboxylic acids is 6. The van der Waals surface area contributed by atoms with Gasteiger partial charge < -0.3 is 60.7 Å². The quantitative estimate of drug-likeness (QED) is 0.0460. The van der Waals surface area contributed by atoms with E-state index in [1.54, 1.807) is 74.1 Å². The molecule has 2 aliphatic rings. The minimum absolute atomic E-state index is 0.0345. The van der Waals surface area contributed by atoms with Crippen LogP contribution in [-0.2, 0) is 55.6 Å². The maximum atomic E-state index is 13.7. The van der Waals surface area contributed by atoms with E-state index in [1.807, 2.05) is 34.6 Å². The van der Waals surface area contributed by atoms with Crippen LogP contribution in [0, 0.1) is 5.92 Å². The fourth-order valence-corrected chi connectivity index (χ4v) is 8.66. The number of aromatic nitrogens is 2. The van der Waals surface area contributed by atoms with Gasteiger partial charge in [0.1, 0.15) is 25.0 Å². The van der Waals surface area contributed by atoms with E-state index >= 15 is 0 Å². The van der Waals surface area contributed by atoms with E-state index in [1.165, 1.54) is 9.80 Å². The van der Waals surface area contributed by atoms with Gasteiger partial charge in [-0.25, -0.2) is 24.2 Å². The molecule has 20 nitrogen and oxygen atoms in total. The fourth-order valence-electron chi connectivity index (χ4n) is 8.66. The monoisotopic (exact) mass is 967 g/mol. The molecular weight excluding hydrogens is 903 g/mol. The average molecular weight is 968 g/mol. The molecule has 7 N–H and O–H groups in total. The molecule has 376 valence electrons. The predicted octanol–water partition coefficient (Wildman–Crippen LogP) is 4.63. The Kier molecular flexibility index (Phi) is 16.9. The summed E-state index contributed by atoms with van der Waals surface area (Å²) in [4.78, 5) is 97.9. The molecule has 0 unspecified atom stereocenters. The van der Waals surface area contributed by atoms with Gasteiger partial charge in [-0.15, -0.1) is 0 Å². The molecule has 20 heteroatoms. The summed E-state index contributed by atoms with van der Waals surface area (Å²) < 4.78 is 18.1. The first-order valence-corrected chi connectivity index (χ1v) is 23.7. The first-order valence-electron chi connectivity index (χ1n) is 23.7. The zero-order valence-electron chi connectivity index (χ0n) is 41.1. The van der Waals surface area contributed by atoms with Gasteiger partial charge in [-0.3, -0.25) is 14.4 Å². The molecule has 0 aliphatic carbocycles. The van der Waals surface area contributed by atoms with Crippen LogP contribution in [0.2, 0.25) is 0 Å². The van der Waals surface area contributed by atoms with Crippen molar-refractivity contribution in [3.8, 4) is 17.1 Å². The minimum Gasteiger partial charge on any atom is -0.458 e. The Morgan fingerprint density at radius 2 is 1.63 bits per heavy atom. The Morgan fingerprint density at radius 3 is 2.27 bits per heavy atom. The topological polar surface area (TPSA) is 266 Å². The molecule has 2 aromatic heterocycles. The summed E-state index contributed by atoms with van der Waals surface area (Å²) in [5.74, 6) is -1.26. The summed E-state index contributed by atoms with van der Waals surface area (Å²) in [5, 5.41) is 23.4. The number of aryl methyl sites for hydroxylation is 1. The number of esters is 1. The molecule has 3 atom stereocenters. The Morgan fingerprint density at radius 1 is 0.929 bits per heavy atom. The zero-order chi connectivity index (χ0) is 51.0. The van der Waals surface area contributed by atoms with Gasteiger partial charge in [0.15, 0.2) is 5.60 Å². The van der Waals surface area contributed by atoms with Crippen LogP contribution in [0.25, 0.3) is 22.3 Å². The zero-order valence-corrected chi connectivity index (χ0v) is 41.1. The lowest BCUT2D eigenvalue weighted by Gasteiger charge is -2.31. The number of ether oxygens (including phenoxy) is 3. The number of nitrogens with one attached hydrogen (secondary N) is 4. The number of anilines is 1. The van der Waals surface area contributed by atoms with E-state index in [0.717, 1.165) is 16.5 Å². The van der Waals surface area contributed by atoms with E-state index in [9.17, 15) is 38.7 Å². The van der Waals surface area contributed by atoms with Gasteiger partial charge in [0.05, 0.1) is 35.1 Å². The Balaban J connectivity index is 0.987. The second-order valence-electron chi connectivity index (χ2n) is 18.4. The van der Waals surface area contributed by atoms with Crippen molar-refractivity contribution in [1.29, 1.82) is 0 Å². The second kappa shape index (κ2) is 22.6. The molecule has 70 heavy (non-hydrogen) atoms. The van der Waals surface area contributed by atoms with Crippen molar-refractivity contribution in [2.45, 2.75) is 117 Å². The number of rotatable bonds is 20. The summed E-state index contributed by atoms with van der Waals surface area (Å²) in [6.45, 7) is 12.1. The molecule has 0 saturated heterocycles. The number of primary amides is 1. The molecular formula is C50H65N9O11. The van der Waals surface area contributed by atoms with Crippen LogP contribution >= 0.6 is 0 Å². The first kappa shape index (κ1) is 52.3. The molecule has 0 fully saturated rings. The third-order valence-corrected chi connectivity index (χ3v) is 12.6. The van der Waals surface area contributed by atoms with E-state index in [2.05, 4.69) is 21.3 Å². The summed E-state index contributed by atoms with van der Waals surface area (Å²) >= 11 is 0. The number of pyridine rings is 2. The highest BCUT2D eigenvalue weighted by Gasteiger charge is 2.45. The van der Waals surface area contributed by atoms with Gasteiger partial charge >= 0.3 is 24.2 Å². The van der Waals surface area contributed by atoms with Gasteiger partial charge in [0, 0.05) is 62.0 Å². The van der Waals surface area contributed by atoms with Crippen molar-refractivity contribution in [3.63, 3.8) is 0 Å². The van der Waals surface area contributed by atoms with Crippen molar-refractivity contribution < 1.29 is 48.1 Å². The SMILES string of the molecule is CCc1c2c(nc3ccc(OC(=O)N(C)CCCN(C)C(=O)OCc4ccc(NC(=O)[C@H](CCCNC(N)=O)NC(=O)[C@@H](NC(C)C)C(C)C)cc4)cc13)-c1cc3c(c(=O)n1C2)COC(=O)[C@]3(O)CC. The van der Waals surface area contributed by atoms with Crippen LogP contribution in [0.3, 0.4) is 0 Å². The van der Waals surface area contributed by atoms with Gasteiger partial charge in [-0.1, -0.05) is 53.7 Å². The average Bonchev–Trinajstić information content (AvgIpc) is 3.69. The van der Waals surface area contributed by atoms with Gasteiger partial charge in [-0.2, -0.15) is 0 Å². The number of carbonyl (C=O) groups is 6. The number of hydrogen-bond acceptors (Lipinski definition) is 13. The number of fused-ring (bicyclic) bond motifs is 5. The third-order valence-electron chi connectivity index (χ3n) is 12.6. The number of benzene rings is 2. The maximum Gasteiger partial charge on any atom is 0.414 e. The molecule has 0 radical (unpaired) electrons. The Labute approximate surface area is 406 Å². The van der Waals surface area contributed by atoms with Gasteiger partial charge in [-0.05, 0) is 85.5 Å². The molecule has 2 aromatic carbocycles. The lowest BCUT2D eigenvalue weighted by molar-refractivity contribution is -0.172. The highest BCUT2D eigenvalue weighted by atomic mass is 16.6. The first-order chi connectivity index (χ1) is 33.3. The minimum atomic E-state index is -1.93. The van der Waals surface area contributed by atoms with Gasteiger partial charge in [0.25, 0.3) is 5.56 Å². The van der Waals surface area contributed by atoms with Crippen molar-refractivity contribution in [3.05, 3.63) is 86.7 Å². The lowest BCUT2D eigenvalue weighted by atomic mass is 9.86. The number of nitrogens with two attached hydrogens (primary N) is 1. The second-order valence-corrected chi connectivity index (χ2v) is 18.4. The van der Waals surface area contributed by atoms with Crippen molar-refractivity contribution >= 4 is 52.6 Å². The van der Waals surface area contributed by atoms with E-state index in [4.69, 9.17) is 24.9 Å². The molecule has 4 heterocycles. The van der Waals surface area contributed by atoms with E-state index < -0.39 is 47.8 Å². The number of cyclic esters (lactones) is 1. The Hall–Kier alpha value is -7.06. The number of aliphatic hydroxyl groups is 1. The predicted molar refractivity (Wildman–Crippen MR) is 261 cm³/mol. The largest absolute Gasteiger partial charge is 0.458 e. The maximum absolute atomic E-state index is 13.7. The highest BCUT2D eigenvalue weighted by molar-refractivity contribution is 5.98. The summed E-state index contributed by atoms with van der Waals surface area (Å²) in [7, 11) is 3.19. The molecule has 0 bridgehead atoms. The highest BCUT2D eigenvalue weighted by Crippen LogP contribution is 2.41. The number of nitrogens with zero attached hydrogens (tertiary/aromatic N) is 4. The van der Waals surface area contributed by atoms with Crippen LogP contribution in [0.4, 0.5) is 20.1 Å². The van der Waals surface area contributed by atoms with Crippen LogP contribution in [0.5, 0.6) is 5.75 Å². The van der Waals surface area contributed by atoms with Crippen molar-refractivity contribution in [1.82, 2.24) is 35.3 Å². The standard InChI is InChI=1S/C50H65N9O11/c1-9-33-34-23-32(18-19-38(34)55-42-35(33)25-59-40(42)24-37-36(45(59)62)27-68-46(63)50(37,67)10-2)70-49(66)58(8)22-12-21-57(7)48(65)69-26-30-14-16-31(17-15-30)54-43(60)39(13-11-20-52-47(51)64)56-44(61)41(28(3)4)53-29(5)6/h14-19,23-24,28-29,39,41,53,67H,9-13,20-22,25-27H2,1-8H3,(H,54,60)(H,56,61)(H3,51,52,64)/t39-,41-,50-/m0/s1. The third kappa shape index (κ3) is 11.8. The molecule has 0 spiro atoms. The van der Waals surface area contributed by atoms with E-state index in [-0.39, 0.29) is 86.8 Å². The number of hydrogen-bond donors (Lipinski definition) is 6. The fraction of sp³-hybridized carbons (Fsp3) is 0.480. The molecule has 6 rings (SSSR count). The van der Waals surface area contributed by atoms with Crippen LogP contribution in [-0.4, -0.2) is 112 Å². The van der Waals surface area contributed by atoms with Crippen LogP contribution in [0.15, 0.2) is 53.3 Å². The number of urea groups is 1. The van der Waals surface area contributed by atoms with Crippen molar-refractivity contribution in [2.24, 2.45) is 11.7 Å². The molecule has 6 amide bonds. The van der Waals surface area contributed by atoms with Crippen molar-refractivity contribution in [2.75, 3.05) is 39.0 Å². The van der Waals surface area contributed by atoms with Crippen LogP contribution in [0.1, 0.15) is 95.0 Å². The summed E-state index contributed by atoms with van der Waals surface area (Å²) in [6, 6.07) is 11.5. The van der Waals surface area contributed by atoms with Crippen LogP contribution < -0.4 is 37.3 Å². The number of amides is 6. The van der Waals surface area contributed by atoms with Gasteiger partial charge in [0.2, 0.25) is 11.8 Å². The normalized spacial score (nSPS) is 15.6. The Bertz CT molecular complexity index is 2690. The lowest BCUT2D eigenvalue weighted by Crippen LogP contribution is -2.54. The smallest absolute Gasteiger partial charge is 0.414 e. The molecule has 2 aliphatic heterocycles.